The zero-order valence-corrected chi connectivity index (χ0v) is 10.9. The van der Waals surface area contributed by atoms with Crippen LogP contribution in [0.25, 0.3) is 0 Å². The summed E-state index contributed by atoms with van der Waals surface area (Å²) in [4.78, 5) is 10.6. The Hall–Kier alpha value is -0.800. The van der Waals surface area contributed by atoms with Crippen LogP contribution in [0, 0.1) is 30.9 Å². The average Bonchev–Trinajstić information content (AvgIpc) is 2.18. The van der Waals surface area contributed by atoms with Gasteiger partial charge in [-0.2, -0.15) is 0 Å². The molecule has 0 amide bonds. The van der Waals surface area contributed by atoms with Crippen LogP contribution < -0.4 is 0 Å². The van der Waals surface area contributed by atoms with Gasteiger partial charge in [-0.3, -0.25) is 10.1 Å². The van der Waals surface area contributed by atoms with E-state index in [1.54, 1.807) is 13.8 Å². The number of nitro benzene ring substituents is 1. The van der Waals surface area contributed by atoms with Gasteiger partial charge in [0.1, 0.15) is 0 Å². The highest BCUT2D eigenvalue weighted by molar-refractivity contribution is 6.18. The number of alkyl halides is 2. The predicted molar refractivity (Wildman–Crippen MR) is 66.4 cm³/mol. The number of hydrogen-bond acceptors (Lipinski definition) is 2. The summed E-state index contributed by atoms with van der Waals surface area (Å²) in [5.41, 5.74) is 4.01. The minimum Gasteiger partial charge on any atom is -0.258 e. The summed E-state index contributed by atoms with van der Waals surface area (Å²) < 4.78 is 0. The minimum absolute atomic E-state index is 0.136. The monoisotopic (exact) mass is 261 g/mol. The van der Waals surface area contributed by atoms with Crippen molar-refractivity contribution in [3.8, 4) is 0 Å². The molecule has 0 atom stereocenters. The lowest BCUT2D eigenvalue weighted by Crippen LogP contribution is -2.05. The van der Waals surface area contributed by atoms with Crippen LogP contribution in [0.15, 0.2) is 0 Å². The Morgan fingerprint density at radius 1 is 1.00 bits per heavy atom. The van der Waals surface area contributed by atoms with Crippen LogP contribution in [-0.4, -0.2) is 4.92 Å². The second-order valence-electron chi connectivity index (χ2n) is 3.71. The van der Waals surface area contributed by atoms with Crippen LogP contribution in [-0.2, 0) is 11.8 Å². The molecule has 0 bridgehead atoms. The first kappa shape index (κ1) is 13.3. The van der Waals surface area contributed by atoms with Gasteiger partial charge in [-0.05, 0) is 37.5 Å². The van der Waals surface area contributed by atoms with Gasteiger partial charge in [0.15, 0.2) is 0 Å². The molecule has 0 saturated heterocycles. The quantitative estimate of drug-likeness (QED) is 0.469. The highest BCUT2D eigenvalue weighted by Crippen LogP contribution is 2.34. The van der Waals surface area contributed by atoms with Crippen molar-refractivity contribution in [2.24, 2.45) is 0 Å². The van der Waals surface area contributed by atoms with Crippen LogP contribution in [0.4, 0.5) is 5.69 Å². The molecule has 1 aromatic carbocycles. The van der Waals surface area contributed by atoms with E-state index in [9.17, 15) is 10.1 Å². The molecule has 0 heterocycles. The SMILES string of the molecule is Cc1c(CCl)c(C)c([N+](=O)[O-])c(C)c1CCl. The Morgan fingerprint density at radius 3 is 1.62 bits per heavy atom. The van der Waals surface area contributed by atoms with Crippen molar-refractivity contribution in [2.45, 2.75) is 32.5 Å². The van der Waals surface area contributed by atoms with Gasteiger partial charge in [-0.15, -0.1) is 23.2 Å². The molecule has 3 nitrogen and oxygen atoms in total. The first-order valence-electron chi connectivity index (χ1n) is 4.83. The number of hydrogen-bond donors (Lipinski definition) is 0. The van der Waals surface area contributed by atoms with Crippen molar-refractivity contribution in [2.75, 3.05) is 0 Å². The third-order valence-electron chi connectivity index (χ3n) is 2.97. The van der Waals surface area contributed by atoms with E-state index in [1.165, 1.54) is 0 Å². The molecule has 0 aliphatic rings. The van der Waals surface area contributed by atoms with Crippen molar-refractivity contribution in [1.82, 2.24) is 0 Å². The lowest BCUT2D eigenvalue weighted by Gasteiger charge is -2.14. The molecule has 0 radical (unpaired) electrons. The van der Waals surface area contributed by atoms with E-state index in [4.69, 9.17) is 23.2 Å². The third kappa shape index (κ3) is 2.02. The maximum absolute atomic E-state index is 11.0. The highest BCUT2D eigenvalue weighted by Gasteiger charge is 2.23. The fourth-order valence-electron chi connectivity index (χ4n) is 1.99. The lowest BCUT2D eigenvalue weighted by atomic mass is 9.93. The number of halogens is 2. The summed E-state index contributed by atoms with van der Waals surface area (Å²) in [6.07, 6.45) is 0. The Labute approximate surface area is 105 Å². The van der Waals surface area contributed by atoms with Crippen molar-refractivity contribution in [3.63, 3.8) is 0 Å². The number of benzene rings is 1. The van der Waals surface area contributed by atoms with Crippen LogP contribution in [0.3, 0.4) is 0 Å². The van der Waals surface area contributed by atoms with Gasteiger partial charge in [0.25, 0.3) is 5.69 Å². The summed E-state index contributed by atoms with van der Waals surface area (Å²) in [7, 11) is 0. The Morgan fingerprint density at radius 2 is 1.38 bits per heavy atom. The molecule has 5 heteroatoms. The molecule has 0 spiro atoms. The first-order chi connectivity index (χ1) is 7.45. The topological polar surface area (TPSA) is 43.1 Å². The van der Waals surface area contributed by atoms with E-state index in [-0.39, 0.29) is 22.4 Å². The molecule has 0 N–H and O–H groups in total. The van der Waals surface area contributed by atoms with Gasteiger partial charge in [-0.1, -0.05) is 0 Å². The summed E-state index contributed by atoms with van der Waals surface area (Å²) in [6, 6.07) is 0. The number of nitrogens with zero attached hydrogens (tertiary/aromatic N) is 1. The zero-order valence-electron chi connectivity index (χ0n) is 9.43. The largest absolute Gasteiger partial charge is 0.275 e. The van der Waals surface area contributed by atoms with Gasteiger partial charge in [0.2, 0.25) is 0 Å². The predicted octanol–water partition coefficient (Wildman–Crippen LogP) is 4.00. The molecule has 0 aliphatic carbocycles. The zero-order chi connectivity index (χ0) is 12.5. The second-order valence-corrected chi connectivity index (χ2v) is 4.24. The molecule has 0 fully saturated rings. The van der Waals surface area contributed by atoms with E-state index in [0.717, 1.165) is 16.7 Å². The molecular weight excluding hydrogens is 249 g/mol. The van der Waals surface area contributed by atoms with Crippen LogP contribution >= 0.6 is 23.2 Å². The molecule has 0 saturated carbocycles. The second kappa shape index (κ2) is 5.02. The Kier molecular flexibility index (Phi) is 4.16. The van der Waals surface area contributed by atoms with Crippen LogP contribution in [0.5, 0.6) is 0 Å². The van der Waals surface area contributed by atoms with Crippen molar-refractivity contribution in [3.05, 3.63) is 37.9 Å². The van der Waals surface area contributed by atoms with E-state index in [2.05, 4.69) is 0 Å². The average molecular weight is 262 g/mol. The highest BCUT2D eigenvalue weighted by atomic mass is 35.5. The number of rotatable bonds is 3. The van der Waals surface area contributed by atoms with E-state index in [0.29, 0.717) is 11.1 Å². The fraction of sp³-hybridized carbons (Fsp3) is 0.455. The van der Waals surface area contributed by atoms with Crippen molar-refractivity contribution < 1.29 is 4.92 Å². The molecule has 88 valence electrons. The summed E-state index contributed by atoms with van der Waals surface area (Å²) in [5.74, 6) is 0.533. The minimum atomic E-state index is -0.365. The molecular formula is C11H13Cl2NO2. The maximum atomic E-state index is 11.0. The Bertz CT molecular complexity index is 413. The molecule has 0 aromatic heterocycles. The summed E-state index contributed by atoms with van der Waals surface area (Å²) in [5, 5.41) is 11.0. The summed E-state index contributed by atoms with van der Waals surface area (Å²) in [6.45, 7) is 5.36. The van der Waals surface area contributed by atoms with Crippen molar-refractivity contribution in [1.29, 1.82) is 0 Å². The standard InChI is InChI=1S/C11H13Cl2NO2/c1-6-9(4-12)7(2)11(14(15)16)8(3)10(6)5-13/h4-5H2,1-3H3. The van der Waals surface area contributed by atoms with Gasteiger partial charge in [0, 0.05) is 22.9 Å². The normalized spacial score (nSPS) is 10.6. The summed E-state index contributed by atoms with van der Waals surface area (Å²) >= 11 is 11.7. The fourth-order valence-corrected chi connectivity index (χ4v) is 2.79. The van der Waals surface area contributed by atoms with Crippen molar-refractivity contribution >= 4 is 28.9 Å². The van der Waals surface area contributed by atoms with Crippen LogP contribution in [0.1, 0.15) is 27.8 Å². The molecule has 1 rings (SSSR count). The molecule has 0 aliphatic heterocycles. The van der Waals surface area contributed by atoms with Gasteiger partial charge in [0.05, 0.1) is 4.92 Å². The lowest BCUT2D eigenvalue weighted by molar-refractivity contribution is -0.386. The Balaban J connectivity index is 3.70. The van der Waals surface area contributed by atoms with Gasteiger partial charge >= 0.3 is 0 Å². The van der Waals surface area contributed by atoms with E-state index < -0.39 is 0 Å². The van der Waals surface area contributed by atoms with Gasteiger partial charge < -0.3 is 0 Å². The molecule has 1 aromatic rings. The number of nitro groups is 1. The first-order valence-corrected chi connectivity index (χ1v) is 5.90. The van der Waals surface area contributed by atoms with Gasteiger partial charge in [-0.25, -0.2) is 0 Å². The molecule has 16 heavy (non-hydrogen) atoms. The van der Waals surface area contributed by atoms with E-state index in [1.807, 2.05) is 6.92 Å². The van der Waals surface area contributed by atoms with E-state index >= 15 is 0 Å². The van der Waals surface area contributed by atoms with Crippen LogP contribution in [0.2, 0.25) is 0 Å². The third-order valence-corrected chi connectivity index (χ3v) is 3.51. The smallest absolute Gasteiger partial charge is 0.258 e. The maximum Gasteiger partial charge on any atom is 0.275 e. The molecule has 0 unspecified atom stereocenters.